The summed E-state index contributed by atoms with van der Waals surface area (Å²) in [6, 6.07) is 17.6. The number of nitrogens with one attached hydrogen (secondary N) is 4. The van der Waals surface area contributed by atoms with Gasteiger partial charge in [-0.25, -0.2) is 4.98 Å². The van der Waals surface area contributed by atoms with Crippen LogP contribution in [0.1, 0.15) is 34.5 Å². The molecule has 0 fully saturated rings. The molecule has 39 heavy (non-hydrogen) atoms. The number of carbonyl (C=O) groups excluding carboxylic acids is 1. The Morgan fingerprint density at radius 1 is 0.923 bits per heavy atom. The average Bonchev–Trinajstić information content (AvgIpc) is 3.33. The van der Waals surface area contributed by atoms with Crippen molar-refractivity contribution < 1.29 is 4.79 Å². The first-order valence-electron chi connectivity index (χ1n) is 13.3. The van der Waals surface area contributed by atoms with Gasteiger partial charge in [0.25, 0.3) is 0 Å². The zero-order chi connectivity index (χ0) is 27.0. The van der Waals surface area contributed by atoms with Crippen LogP contribution < -0.4 is 21.7 Å². The van der Waals surface area contributed by atoms with E-state index in [1.165, 1.54) is 5.56 Å². The predicted molar refractivity (Wildman–Crippen MR) is 157 cm³/mol. The maximum absolute atomic E-state index is 11.6. The highest BCUT2D eigenvalue weighted by atomic mass is 16.1. The van der Waals surface area contributed by atoms with E-state index in [9.17, 15) is 4.79 Å². The second kappa shape index (κ2) is 12.5. The fourth-order valence-electron chi connectivity index (χ4n) is 4.73. The molecule has 0 unspecified atom stereocenters. The molecule has 1 amide bonds. The van der Waals surface area contributed by atoms with Gasteiger partial charge < -0.3 is 21.7 Å². The van der Waals surface area contributed by atoms with Crippen molar-refractivity contribution in [3.8, 4) is 11.3 Å². The fraction of sp³-hybridized carbons (Fsp3) is 0.267. The molecule has 0 aliphatic carbocycles. The monoisotopic (exact) mass is 522 g/mol. The Balaban J connectivity index is 1.03. The van der Waals surface area contributed by atoms with Crippen LogP contribution in [-0.2, 0) is 6.54 Å². The van der Waals surface area contributed by atoms with E-state index in [2.05, 4.69) is 50.2 Å². The van der Waals surface area contributed by atoms with Crippen LogP contribution in [0.2, 0.25) is 0 Å². The van der Waals surface area contributed by atoms with Gasteiger partial charge in [-0.1, -0.05) is 36.4 Å². The van der Waals surface area contributed by atoms with Crippen LogP contribution in [0.25, 0.3) is 32.9 Å². The minimum atomic E-state index is -0.465. The first kappa shape index (κ1) is 26.3. The topological polar surface area (TPSA) is 134 Å². The third kappa shape index (κ3) is 6.22. The molecule has 9 nitrogen and oxygen atoms in total. The molecule has 0 aliphatic heterocycles. The summed E-state index contributed by atoms with van der Waals surface area (Å²) in [6.07, 6.45) is 5.77. The molecule has 3 heterocycles. The zero-order valence-electron chi connectivity index (χ0n) is 22.1. The number of rotatable bonds is 13. The zero-order valence-corrected chi connectivity index (χ0v) is 22.1. The Hall–Kier alpha value is -4.34. The van der Waals surface area contributed by atoms with Gasteiger partial charge in [-0.15, -0.1) is 0 Å². The van der Waals surface area contributed by atoms with Crippen molar-refractivity contribution in [1.82, 2.24) is 30.8 Å². The number of nitrogens with zero attached hydrogens (tertiary/aromatic N) is 3. The number of aromatic amines is 1. The average molecular weight is 523 g/mol. The summed E-state index contributed by atoms with van der Waals surface area (Å²) < 4.78 is 0. The normalized spacial score (nSPS) is 11.3. The van der Waals surface area contributed by atoms with Gasteiger partial charge in [0, 0.05) is 59.3 Å². The molecule has 0 aliphatic rings. The molecule has 9 heteroatoms. The molecule has 6 N–H and O–H groups in total. The maximum Gasteiger partial charge on any atom is 0.248 e. The van der Waals surface area contributed by atoms with Crippen molar-refractivity contribution in [2.24, 2.45) is 5.73 Å². The van der Waals surface area contributed by atoms with Crippen molar-refractivity contribution in [1.29, 1.82) is 0 Å². The van der Waals surface area contributed by atoms with Crippen LogP contribution >= 0.6 is 0 Å². The Bertz CT molecular complexity index is 1560. The van der Waals surface area contributed by atoms with Gasteiger partial charge >= 0.3 is 0 Å². The molecule has 3 aromatic heterocycles. The number of anilines is 1. The Morgan fingerprint density at radius 2 is 1.74 bits per heavy atom. The van der Waals surface area contributed by atoms with Gasteiger partial charge in [0.15, 0.2) is 0 Å². The van der Waals surface area contributed by atoms with Gasteiger partial charge in [0.2, 0.25) is 5.91 Å². The number of benzene rings is 2. The first-order valence-corrected chi connectivity index (χ1v) is 13.3. The van der Waals surface area contributed by atoms with Crippen molar-refractivity contribution >= 4 is 33.4 Å². The van der Waals surface area contributed by atoms with Gasteiger partial charge in [0.05, 0.1) is 16.9 Å². The lowest BCUT2D eigenvalue weighted by molar-refractivity contribution is 0.100. The number of unbranched alkanes of at least 4 members (excludes halogenated alkanes) is 1. The maximum atomic E-state index is 11.6. The van der Waals surface area contributed by atoms with Crippen molar-refractivity contribution in [2.45, 2.75) is 26.3 Å². The van der Waals surface area contributed by atoms with Gasteiger partial charge in [-0.2, -0.15) is 5.10 Å². The lowest BCUT2D eigenvalue weighted by Gasteiger charge is -2.12. The summed E-state index contributed by atoms with van der Waals surface area (Å²) in [5, 5.41) is 21.1. The fourth-order valence-corrected chi connectivity index (χ4v) is 4.73. The third-order valence-corrected chi connectivity index (χ3v) is 6.89. The van der Waals surface area contributed by atoms with E-state index >= 15 is 0 Å². The lowest BCUT2D eigenvalue weighted by atomic mass is 10.1. The number of aromatic nitrogens is 4. The van der Waals surface area contributed by atoms with Crippen molar-refractivity contribution in [3.05, 3.63) is 83.8 Å². The van der Waals surface area contributed by atoms with Gasteiger partial charge in [0.1, 0.15) is 5.82 Å². The molecular weight excluding hydrogens is 488 g/mol. The Morgan fingerprint density at radius 3 is 2.56 bits per heavy atom. The number of carbonyl (C=O) groups is 1. The van der Waals surface area contributed by atoms with Crippen LogP contribution in [-0.4, -0.2) is 52.3 Å². The molecule has 200 valence electrons. The number of hydrogen-bond acceptors (Lipinski definition) is 7. The highest BCUT2D eigenvalue weighted by Gasteiger charge is 2.11. The largest absolute Gasteiger partial charge is 0.368 e. The van der Waals surface area contributed by atoms with E-state index < -0.39 is 5.91 Å². The number of amides is 1. The SMILES string of the molecule is Cc1c(-c2ccccc2)n[nH]c1CNCCCCNCCNc1nc2cc(C(N)=O)ccc2c2cnccc12. The number of primary amides is 1. The lowest BCUT2D eigenvalue weighted by Crippen LogP contribution is -2.24. The second-order valence-electron chi connectivity index (χ2n) is 9.58. The van der Waals surface area contributed by atoms with E-state index in [1.54, 1.807) is 18.3 Å². The number of fused-ring (bicyclic) bond motifs is 3. The van der Waals surface area contributed by atoms with Crippen LogP contribution in [0.15, 0.2) is 67.0 Å². The van der Waals surface area contributed by atoms with E-state index in [-0.39, 0.29) is 0 Å². The Kier molecular flexibility index (Phi) is 8.40. The standard InChI is InChI=1S/C30H34N8O/c1-20-27(37-38-28(20)21-7-3-2-4-8-21)19-33-13-6-5-12-32-15-16-35-30-24-11-14-34-18-25(24)23-10-9-22(29(31)39)17-26(23)36-30/h2-4,7-11,14,17-18,32-33H,5-6,12-13,15-16,19H2,1H3,(H2,31,39)(H,35,36)(H,37,38). The van der Waals surface area contributed by atoms with Crippen LogP contribution in [0.3, 0.4) is 0 Å². The molecule has 0 saturated heterocycles. The van der Waals surface area contributed by atoms with E-state index in [1.807, 2.05) is 36.5 Å². The summed E-state index contributed by atoms with van der Waals surface area (Å²) in [5.74, 6) is 0.310. The molecule has 0 saturated carbocycles. The molecule has 0 atom stereocenters. The summed E-state index contributed by atoms with van der Waals surface area (Å²) in [4.78, 5) is 20.7. The minimum Gasteiger partial charge on any atom is -0.368 e. The second-order valence-corrected chi connectivity index (χ2v) is 9.58. The molecule has 0 radical (unpaired) electrons. The summed E-state index contributed by atoms with van der Waals surface area (Å²) in [5.41, 5.74) is 11.1. The first-order chi connectivity index (χ1) is 19.1. The highest BCUT2D eigenvalue weighted by molar-refractivity contribution is 6.11. The van der Waals surface area contributed by atoms with Gasteiger partial charge in [-0.05, 0) is 56.6 Å². The molecule has 5 rings (SSSR count). The third-order valence-electron chi connectivity index (χ3n) is 6.89. The molecular formula is C30H34N8O. The van der Waals surface area contributed by atoms with E-state index in [4.69, 9.17) is 10.7 Å². The Labute approximate surface area is 227 Å². The predicted octanol–water partition coefficient (Wildman–Crippen LogP) is 4.15. The van der Waals surface area contributed by atoms with Crippen LogP contribution in [0.5, 0.6) is 0 Å². The van der Waals surface area contributed by atoms with Gasteiger partial charge in [-0.3, -0.25) is 14.9 Å². The minimum absolute atomic E-state index is 0.442. The molecule has 2 aromatic carbocycles. The van der Waals surface area contributed by atoms with Crippen LogP contribution in [0.4, 0.5) is 5.82 Å². The number of nitrogens with two attached hydrogens (primary N) is 1. The number of hydrogen-bond donors (Lipinski definition) is 5. The quantitative estimate of drug-likeness (QED) is 0.116. The smallest absolute Gasteiger partial charge is 0.248 e. The molecule has 0 spiro atoms. The van der Waals surface area contributed by atoms with Crippen LogP contribution in [0, 0.1) is 6.92 Å². The van der Waals surface area contributed by atoms with Crippen molar-refractivity contribution in [3.63, 3.8) is 0 Å². The summed E-state index contributed by atoms with van der Waals surface area (Å²) >= 11 is 0. The van der Waals surface area contributed by atoms with E-state index in [0.29, 0.717) is 5.56 Å². The molecule has 5 aromatic rings. The van der Waals surface area contributed by atoms with Crippen molar-refractivity contribution in [2.75, 3.05) is 31.5 Å². The summed E-state index contributed by atoms with van der Waals surface area (Å²) in [6.45, 7) is 6.34. The molecule has 0 bridgehead atoms. The highest BCUT2D eigenvalue weighted by Crippen LogP contribution is 2.29. The number of H-pyrrole nitrogens is 1. The number of pyridine rings is 2. The van der Waals surface area contributed by atoms with E-state index in [0.717, 1.165) is 90.0 Å². The summed E-state index contributed by atoms with van der Waals surface area (Å²) in [7, 11) is 0.